The second-order valence-electron chi connectivity index (χ2n) is 3.99. The van der Waals surface area contributed by atoms with Crippen molar-refractivity contribution in [2.24, 2.45) is 0 Å². The lowest BCUT2D eigenvalue weighted by Crippen LogP contribution is -2.29. The molecular weight excluding hydrogens is 244 g/mol. The van der Waals surface area contributed by atoms with Gasteiger partial charge in [-0.15, -0.1) is 6.58 Å². The number of carbonyl (C=O) groups is 1. The van der Waals surface area contributed by atoms with E-state index in [1.165, 1.54) is 0 Å². The fourth-order valence-electron chi connectivity index (χ4n) is 1.77. The summed E-state index contributed by atoms with van der Waals surface area (Å²) in [4.78, 5) is 12.5. The molecule has 0 aliphatic carbocycles. The Balaban J connectivity index is 2.96. The number of hydrogen-bond acceptors (Lipinski definition) is 4. The first-order valence-electron chi connectivity index (χ1n) is 5.72. The van der Waals surface area contributed by atoms with Crippen LogP contribution >= 0.6 is 0 Å². The summed E-state index contributed by atoms with van der Waals surface area (Å²) >= 11 is 0. The molecule has 0 bridgehead atoms. The van der Waals surface area contributed by atoms with E-state index >= 15 is 0 Å². The zero-order valence-electron chi connectivity index (χ0n) is 10.8. The third kappa shape index (κ3) is 4.45. The van der Waals surface area contributed by atoms with Gasteiger partial charge in [-0.1, -0.05) is 6.08 Å². The molecular formula is C14H16N2O3. The number of ether oxygens (including phenoxy) is 1. The summed E-state index contributed by atoms with van der Waals surface area (Å²) in [6.07, 6.45) is 1.64. The molecule has 1 aromatic carbocycles. The number of carboxylic acids is 1. The van der Waals surface area contributed by atoms with E-state index in [4.69, 9.17) is 15.1 Å². The third-order valence-corrected chi connectivity index (χ3v) is 2.55. The normalized spacial score (nSPS) is 9.95. The van der Waals surface area contributed by atoms with E-state index in [-0.39, 0.29) is 6.54 Å². The standard InChI is InChI=1S/C14H16N2O3/c1-3-6-16(10-14(17)18)9-12-7-11(8-15)4-5-13(12)19-2/h3-5,7H,1,6,9-10H2,2H3,(H,17,18). The lowest BCUT2D eigenvalue weighted by molar-refractivity contribution is -0.138. The molecule has 19 heavy (non-hydrogen) atoms. The van der Waals surface area contributed by atoms with E-state index in [0.717, 1.165) is 5.56 Å². The van der Waals surface area contributed by atoms with E-state index < -0.39 is 5.97 Å². The molecule has 100 valence electrons. The molecule has 0 amide bonds. The Morgan fingerprint density at radius 1 is 1.63 bits per heavy atom. The van der Waals surface area contributed by atoms with Crippen LogP contribution in [-0.4, -0.2) is 36.2 Å². The molecule has 1 N–H and O–H groups in total. The van der Waals surface area contributed by atoms with Gasteiger partial charge in [0.2, 0.25) is 0 Å². The molecule has 0 heterocycles. The van der Waals surface area contributed by atoms with Gasteiger partial charge < -0.3 is 9.84 Å². The Labute approximate surface area is 112 Å². The van der Waals surface area contributed by atoms with Gasteiger partial charge >= 0.3 is 5.97 Å². The number of benzene rings is 1. The van der Waals surface area contributed by atoms with Crippen LogP contribution in [0.15, 0.2) is 30.9 Å². The molecule has 5 heteroatoms. The molecule has 0 aliphatic heterocycles. The average molecular weight is 260 g/mol. The minimum absolute atomic E-state index is 0.0913. The van der Waals surface area contributed by atoms with E-state index in [9.17, 15) is 4.79 Å². The maximum atomic E-state index is 10.8. The Kier molecular flexibility index (Phi) is 5.58. The summed E-state index contributed by atoms with van der Waals surface area (Å²) in [6.45, 7) is 4.35. The first-order valence-corrected chi connectivity index (χ1v) is 5.72. The van der Waals surface area contributed by atoms with E-state index in [0.29, 0.717) is 24.4 Å². The van der Waals surface area contributed by atoms with Gasteiger partial charge in [-0.2, -0.15) is 5.26 Å². The van der Waals surface area contributed by atoms with Gasteiger partial charge in [0.25, 0.3) is 0 Å². The number of carboxylic acid groups (broad SMARTS) is 1. The van der Waals surface area contributed by atoms with Crippen molar-refractivity contribution in [1.29, 1.82) is 5.26 Å². The van der Waals surface area contributed by atoms with Crippen LogP contribution < -0.4 is 4.74 Å². The zero-order valence-corrected chi connectivity index (χ0v) is 10.8. The Hall–Kier alpha value is -2.32. The SMILES string of the molecule is C=CCN(CC(=O)O)Cc1cc(C#N)ccc1OC. The predicted molar refractivity (Wildman–Crippen MR) is 70.8 cm³/mol. The molecule has 0 saturated heterocycles. The Morgan fingerprint density at radius 2 is 2.37 bits per heavy atom. The minimum atomic E-state index is -0.905. The maximum Gasteiger partial charge on any atom is 0.317 e. The number of rotatable bonds is 7. The molecule has 0 saturated carbocycles. The topological polar surface area (TPSA) is 73.6 Å². The zero-order chi connectivity index (χ0) is 14.3. The molecule has 0 atom stereocenters. The Morgan fingerprint density at radius 3 is 2.89 bits per heavy atom. The average Bonchev–Trinajstić information content (AvgIpc) is 2.38. The van der Waals surface area contributed by atoms with Crippen molar-refractivity contribution in [2.45, 2.75) is 6.54 Å². The third-order valence-electron chi connectivity index (χ3n) is 2.55. The fourth-order valence-corrected chi connectivity index (χ4v) is 1.77. The van der Waals surface area contributed by atoms with Crippen LogP contribution in [-0.2, 0) is 11.3 Å². The van der Waals surface area contributed by atoms with Gasteiger partial charge in [0.1, 0.15) is 5.75 Å². The van der Waals surface area contributed by atoms with Gasteiger partial charge in [-0.25, -0.2) is 0 Å². The quantitative estimate of drug-likeness (QED) is 0.754. The van der Waals surface area contributed by atoms with Crippen molar-refractivity contribution >= 4 is 5.97 Å². The highest BCUT2D eigenvalue weighted by Crippen LogP contribution is 2.21. The molecule has 0 aromatic heterocycles. The van der Waals surface area contributed by atoms with Crippen LogP contribution in [0.25, 0.3) is 0 Å². The second-order valence-corrected chi connectivity index (χ2v) is 3.99. The molecule has 0 spiro atoms. The minimum Gasteiger partial charge on any atom is -0.496 e. The second kappa shape index (κ2) is 7.19. The Bertz CT molecular complexity index is 506. The number of methoxy groups -OCH3 is 1. The molecule has 1 rings (SSSR count). The van der Waals surface area contributed by atoms with Gasteiger partial charge in [-0.05, 0) is 18.2 Å². The van der Waals surface area contributed by atoms with Crippen LogP contribution in [0.5, 0.6) is 5.75 Å². The maximum absolute atomic E-state index is 10.8. The number of aliphatic carboxylic acids is 1. The van der Waals surface area contributed by atoms with Crippen molar-refractivity contribution in [3.05, 3.63) is 42.0 Å². The predicted octanol–water partition coefficient (Wildman–Crippen LogP) is 1.64. The summed E-state index contributed by atoms with van der Waals surface area (Å²) < 4.78 is 5.22. The van der Waals surface area contributed by atoms with Crippen molar-refractivity contribution in [2.75, 3.05) is 20.2 Å². The van der Waals surface area contributed by atoms with Crippen molar-refractivity contribution in [3.8, 4) is 11.8 Å². The largest absolute Gasteiger partial charge is 0.496 e. The van der Waals surface area contributed by atoms with Gasteiger partial charge in [-0.3, -0.25) is 9.69 Å². The number of nitriles is 1. The monoisotopic (exact) mass is 260 g/mol. The summed E-state index contributed by atoms with van der Waals surface area (Å²) in [5, 5.41) is 17.8. The summed E-state index contributed by atoms with van der Waals surface area (Å²) in [5.41, 5.74) is 1.30. The van der Waals surface area contributed by atoms with Crippen molar-refractivity contribution in [1.82, 2.24) is 4.90 Å². The molecule has 0 fully saturated rings. The number of nitrogens with zero attached hydrogens (tertiary/aromatic N) is 2. The van der Waals surface area contributed by atoms with Crippen LogP contribution in [0.1, 0.15) is 11.1 Å². The van der Waals surface area contributed by atoms with Gasteiger partial charge in [0.05, 0.1) is 25.3 Å². The lowest BCUT2D eigenvalue weighted by Gasteiger charge is -2.19. The van der Waals surface area contributed by atoms with Gasteiger partial charge in [0, 0.05) is 18.7 Å². The highest BCUT2D eigenvalue weighted by atomic mass is 16.5. The van der Waals surface area contributed by atoms with E-state index in [1.807, 2.05) is 0 Å². The highest BCUT2D eigenvalue weighted by molar-refractivity contribution is 5.69. The molecule has 5 nitrogen and oxygen atoms in total. The van der Waals surface area contributed by atoms with E-state index in [2.05, 4.69) is 12.6 Å². The van der Waals surface area contributed by atoms with Crippen LogP contribution in [0.3, 0.4) is 0 Å². The van der Waals surface area contributed by atoms with Crippen molar-refractivity contribution in [3.63, 3.8) is 0 Å². The highest BCUT2D eigenvalue weighted by Gasteiger charge is 2.12. The summed E-state index contributed by atoms with van der Waals surface area (Å²) in [5.74, 6) is -0.268. The van der Waals surface area contributed by atoms with E-state index in [1.54, 1.807) is 36.3 Å². The molecule has 0 radical (unpaired) electrons. The fraction of sp³-hybridized carbons (Fsp3) is 0.286. The van der Waals surface area contributed by atoms with Crippen LogP contribution in [0.2, 0.25) is 0 Å². The molecule has 0 unspecified atom stereocenters. The lowest BCUT2D eigenvalue weighted by atomic mass is 10.1. The summed E-state index contributed by atoms with van der Waals surface area (Å²) in [7, 11) is 1.54. The number of hydrogen-bond donors (Lipinski definition) is 1. The van der Waals surface area contributed by atoms with Crippen LogP contribution in [0.4, 0.5) is 0 Å². The molecule has 1 aromatic rings. The first-order chi connectivity index (χ1) is 9.10. The smallest absolute Gasteiger partial charge is 0.317 e. The van der Waals surface area contributed by atoms with Crippen LogP contribution in [0, 0.1) is 11.3 Å². The van der Waals surface area contributed by atoms with Crippen molar-refractivity contribution < 1.29 is 14.6 Å². The van der Waals surface area contributed by atoms with Gasteiger partial charge in [0.15, 0.2) is 0 Å². The summed E-state index contributed by atoms with van der Waals surface area (Å²) in [6, 6.07) is 7.13. The molecule has 0 aliphatic rings. The first kappa shape index (κ1) is 14.7.